The third-order valence-corrected chi connectivity index (χ3v) is 2.81. The quantitative estimate of drug-likeness (QED) is 0.784. The fraction of sp³-hybridized carbons (Fsp3) is 0. The van der Waals surface area contributed by atoms with Crippen molar-refractivity contribution in [3.05, 3.63) is 53.7 Å². The third-order valence-electron chi connectivity index (χ3n) is 2.55. The number of hydrogen-bond donors (Lipinski definition) is 1. The molecule has 0 radical (unpaired) electrons. The molecule has 0 aromatic carbocycles. The lowest BCUT2D eigenvalue weighted by atomic mass is 10.3. The Morgan fingerprint density at radius 1 is 1.19 bits per heavy atom. The van der Waals surface area contributed by atoms with Crippen molar-refractivity contribution < 1.29 is 4.79 Å². The van der Waals surface area contributed by atoms with Gasteiger partial charge in [-0.2, -0.15) is 14.9 Å². The molecule has 0 atom stereocenters. The first-order chi connectivity index (χ1) is 10.3. The van der Waals surface area contributed by atoms with Crippen molar-refractivity contribution in [2.45, 2.75) is 0 Å². The maximum Gasteiger partial charge on any atom is 0.277 e. The van der Waals surface area contributed by atoms with Crippen molar-refractivity contribution in [3.8, 4) is 5.82 Å². The number of nitrogens with one attached hydrogen (secondary N) is 1. The summed E-state index contributed by atoms with van der Waals surface area (Å²) in [5, 5.41) is 17.5. The van der Waals surface area contributed by atoms with Gasteiger partial charge in [-0.05, 0) is 18.2 Å². The van der Waals surface area contributed by atoms with E-state index in [4.69, 9.17) is 11.6 Å². The van der Waals surface area contributed by atoms with Crippen LogP contribution in [-0.2, 0) is 0 Å². The van der Waals surface area contributed by atoms with E-state index in [0.29, 0.717) is 11.5 Å². The van der Waals surface area contributed by atoms with Gasteiger partial charge in [0.2, 0.25) is 0 Å². The Labute approximate surface area is 123 Å². The van der Waals surface area contributed by atoms with E-state index in [0.717, 1.165) is 0 Å². The molecule has 0 fully saturated rings. The predicted molar refractivity (Wildman–Crippen MR) is 74.1 cm³/mol. The fourth-order valence-corrected chi connectivity index (χ4v) is 1.85. The smallest absolute Gasteiger partial charge is 0.277 e. The highest BCUT2D eigenvalue weighted by Gasteiger charge is 2.21. The maximum atomic E-state index is 12.3. The van der Waals surface area contributed by atoms with Gasteiger partial charge >= 0.3 is 0 Å². The topological polar surface area (TPSA) is 98.5 Å². The summed E-state index contributed by atoms with van der Waals surface area (Å²) in [5.74, 6) is -0.0291. The van der Waals surface area contributed by atoms with Crippen molar-refractivity contribution in [1.29, 1.82) is 0 Å². The third kappa shape index (κ3) is 2.70. The van der Waals surface area contributed by atoms with E-state index in [-0.39, 0.29) is 10.8 Å². The van der Waals surface area contributed by atoms with Gasteiger partial charge in [0.15, 0.2) is 16.7 Å². The molecule has 0 bridgehead atoms. The van der Waals surface area contributed by atoms with Gasteiger partial charge in [-0.1, -0.05) is 22.9 Å². The molecule has 0 saturated heterocycles. The summed E-state index contributed by atoms with van der Waals surface area (Å²) in [6, 6.07) is 6.82. The second-order valence-electron chi connectivity index (χ2n) is 3.91. The average Bonchev–Trinajstić information content (AvgIpc) is 2.91. The second kappa shape index (κ2) is 5.63. The van der Waals surface area contributed by atoms with Gasteiger partial charge in [-0.3, -0.25) is 4.79 Å². The van der Waals surface area contributed by atoms with Crippen LogP contribution in [0.4, 0.5) is 5.69 Å². The minimum absolute atomic E-state index is 0.0137. The van der Waals surface area contributed by atoms with E-state index in [1.54, 1.807) is 30.5 Å². The Kier molecular flexibility index (Phi) is 3.52. The maximum absolute atomic E-state index is 12.3. The molecule has 0 aliphatic carbocycles. The van der Waals surface area contributed by atoms with Crippen LogP contribution >= 0.6 is 11.6 Å². The fourth-order valence-electron chi connectivity index (χ4n) is 1.65. The Morgan fingerprint density at radius 3 is 2.81 bits per heavy atom. The lowest BCUT2D eigenvalue weighted by Crippen LogP contribution is -2.18. The molecule has 8 nitrogen and oxygen atoms in total. The molecular weight excluding hydrogens is 294 g/mol. The molecular formula is C12H8ClN7O. The van der Waals surface area contributed by atoms with Crippen LogP contribution in [0.15, 0.2) is 42.9 Å². The number of anilines is 1. The molecule has 0 aliphatic heterocycles. The average molecular weight is 302 g/mol. The molecule has 0 unspecified atom stereocenters. The van der Waals surface area contributed by atoms with E-state index in [2.05, 4.69) is 30.8 Å². The van der Waals surface area contributed by atoms with Crippen molar-refractivity contribution in [2.75, 3.05) is 5.32 Å². The van der Waals surface area contributed by atoms with Crippen molar-refractivity contribution in [2.24, 2.45) is 0 Å². The van der Waals surface area contributed by atoms with Crippen LogP contribution in [0.3, 0.4) is 0 Å². The highest BCUT2D eigenvalue weighted by molar-refractivity contribution is 6.33. The van der Waals surface area contributed by atoms with Crippen molar-refractivity contribution in [3.63, 3.8) is 0 Å². The first-order valence-corrected chi connectivity index (χ1v) is 6.24. The Hall–Kier alpha value is -2.87. The summed E-state index contributed by atoms with van der Waals surface area (Å²) >= 11 is 5.94. The molecule has 1 amide bonds. The van der Waals surface area contributed by atoms with Crippen LogP contribution in [0.2, 0.25) is 5.15 Å². The lowest BCUT2D eigenvalue weighted by Gasteiger charge is -2.06. The molecule has 3 aromatic heterocycles. The summed E-state index contributed by atoms with van der Waals surface area (Å²) in [7, 11) is 0. The molecule has 3 aromatic rings. The lowest BCUT2D eigenvalue weighted by molar-refractivity contribution is 0.101. The first-order valence-electron chi connectivity index (χ1n) is 5.86. The van der Waals surface area contributed by atoms with Gasteiger partial charge in [0.05, 0.1) is 18.1 Å². The number of aromatic nitrogens is 6. The van der Waals surface area contributed by atoms with Gasteiger partial charge in [0, 0.05) is 6.20 Å². The summed E-state index contributed by atoms with van der Waals surface area (Å²) < 4.78 is 1.27. The zero-order chi connectivity index (χ0) is 14.7. The zero-order valence-corrected chi connectivity index (χ0v) is 11.3. The largest absolute Gasteiger partial charge is 0.319 e. The second-order valence-corrected chi connectivity index (χ2v) is 4.27. The van der Waals surface area contributed by atoms with E-state index in [1.807, 2.05) is 0 Å². The zero-order valence-electron chi connectivity index (χ0n) is 10.5. The van der Waals surface area contributed by atoms with Crippen LogP contribution < -0.4 is 5.32 Å². The van der Waals surface area contributed by atoms with Gasteiger partial charge in [-0.15, -0.1) is 5.10 Å². The number of rotatable bonds is 3. The molecule has 3 rings (SSSR count). The number of nitrogens with zero attached hydrogens (tertiary/aromatic N) is 6. The summed E-state index contributed by atoms with van der Waals surface area (Å²) in [4.78, 5) is 16.4. The minimum Gasteiger partial charge on any atom is -0.319 e. The SMILES string of the molecule is O=C(Nc1ccnnc1)c1c(Cl)nnn1-c1ccccn1. The first kappa shape index (κ1) is 13.1. The number of carbonyl (C=O) groups excluding carboxylic acids is 1. The van der Waals surface area contributed by atoms with Gasteiger partial charge in [0.25, 0.3) is 5.91 Å². The van der Waals surface area contributed by atoms with Gasteiger partial charge in [-0.25, -0.2) is 4.98 Å². The summed E-state index contributed by atoms with van der Waals surface area (Å²) in [5.41, 5.74) is 0.576. The van der Waals surface area contributed by atoms with Crippen LogP contribution in [-0.4, -0.2) is 36.1 Å². The Balaban J connectivity index is 1.95. The molecule has 0 aliphatic rings. The number of pyridine rings is 1. The Morgan fingerprint density at radius 2 is 2.10 bits per heavy atom. The number of carbonyl (C=O) groups is 1. The molecule has 1 N–H and O–H groups in total. The van der Waals surface area contributed by atoms with Crippen LogP contribution in [0.5, 0.6) is 0 Å². The number of amides is 1. The van der Waals surface area contributed by atoms with Crippen LogP contribution in [0.25, 0.3) is 5.82 Å². The monoisotopic (exact) mass is 301 g/mol. The number of halogens is 1. The highest BCUT2D eigenvalue weighted by atomic mass is 35.5. The normalized spacial score (nSPS) is 10.3. The Bertz CT molecular complexity index is 760. The standard InChI is InChI=1S/C12H8ClN7O/c13-11-10(12(21)17-8-4-6-15-16-7-8)20(19-18-11)9-3-1-2-5-14-9/h1-7H,(H,15,17,21). The molecule has 21 heavy (non-hydrogen) atoms. The molecule has 9 heteroatoms. The van der Waals surface area contributed by atoms with Gasteiger partial charge < -0.3 is 5.32 Å². The van der Waals surface area contributed by atoms with E-state index >= 15 is 0 Å². The van der Waals surface area contributed by atoms with E-state index in [1.165, 1.54) is 17.1 Å². The summed E-state index contributed by atoms with van der Waals surface area (Å²) in [6.07, 6.45) is 4.46. The van der Waals surface area contributed by atoms with E-state index < -0.39 is 5.91 Å². The van der Waals surface area contributed by atoms with Crippen molar-refractivity contribution >= 4 is 23.2 Å². The van der Waals surface area contributed by atoms with Gasteiger partial charge in [0.1, 0.15) is 0 Å². The molecule has 104 valence electrons. The van der Waals surface area contributed by atoms with Crippen molar-refractivity contribution in [1.82, 2.24) is 30.2 Å². The van der Waals surface area contributed by atoms with Crippen LogP contribution in [0, 0.1) is 0 Å². The molecule has 0 spiro atoms. The van der Waals surface area contributed by atoms with E-state index in [9.17, 15) is 4.79 Å². The predicted octanol–water partition coefficient (Wildman–Crippen LogP) is 1.36. The minimum atomic E-state index is -0.469. The molecule has 3 heterocycles. The summed E-state index contributed by atoms with van der Waals surface area (Å²) in [6.45, 7) is 0. The molecule has 0 saturated carbocycles. The van der Waals surface area contributed by atoms with Crippen LogP contribution in [0.1, 0.15) is 10.5 Å². The number of hydrogen-bond acceptors (Lipinski definition) is 6. The highest BCUT2D eigenvalue weighted by Crippen LogP contribution is 2.17.